The van der Waals surface area contributed by atoms with E-state index in [1.54, 1.807) is 11.0 Å². The predicted octanol–water partition coefficient (Wildman–Crippen LogP) is 5.71. The summed E-state index contributed by atoms with van der Waals surface area (Å²) in [6.07, 6.45) is 0.703. The predicted molar refractivity (Wildman–Crippen MR) is 130 cm³/mol. The molecule has 4 rings (SSSR count). The van der Waals surface area contributed by atoms with Crippen LogP contribution in [0.3, 0.4) is 0 Å². The van der Waals surface area contributed by atoms with Gasteiger partial charge in [0.1, 0.15) is 11.5 Å². The quantitative estimate of drug-likeness (QED) is 0.289. The van der Waals surface area contributed by atoms with E-state index in [9.17, 15) is 14.7 Å². The van der Waals surface area contributed by atoms with E-state index in [-0.39, 0.29) is 11.3 Å². The number of likely N-dealkylation sites (tertiary alicyclic amines) is 1. The zero-order valence-electron chi connectivity index (χ0n) is 19.2. The molecule has 1 atom stereocenters. The van der Waals surface area contributed by atoms with E-state index in [0.717, 1.165) is 22.1 Å². The number of aliphatic hydroxyl groups excluding tert-OH is 1. The zero-order chi connectivity index (χ0) is 23.5. The molecular weight excluding hydrogens is 414 g/mol. The minimum absolute atomic E-state index is 0.125. The van der Waals surface area contributed by atoms with Crippen molar-refractivity contribution in [3.8, 4) is 5.75 Å². The molecule has 1 aliphatic heterocycles. The van der Waals surface area contributed by atoms with Crippen LogP contribution in [0.25, 0.3) is 16.5 Å². The number of aliphatic hydroxyl groups is 1. The molecule has 33 heavy (non-hydrogen) atoms. The van der Waals surface area contributed by atoms with Gasteiger partial charge >= 0.3 is 0 Å². The summed E-state index contributed by atoms with van der Waals surface area (Å²) in [5.74, 6) is -0.246. The van der Waals surface area contributed by atoms with Gasteiger partial charge in [0.05, 0.1) is 18.2 Å². The van der Waals surface area contributed by atoms with E-state index in [4.69, 9.17) is 4.74 Å². The molecule has 1 aliphatic rings. The third kappa shape index (κ3) is 4.49. The maximum atomic E-state index is 13.1. The van der Waals surface area contributed by atoms with Crippen LogP contribution in [-0.2, 0) is 9.59 Å². The van der Waals surface area contributed by atoms with Crippen molar-refractivity contribution in [2.75, 3.05) is 13.2 Å². The molecule has 5 nitrogen and oxygen atoms in total. The topological polar surface area (TPSA) is 66.8 Å². The van der Waals surface area contributed by atoms with Gasteiger partial charge in [-0.25, -0.2) is 0 Å². The number of amides is 1. The van der Waals surface area contributed by atoms with Crippen LogP contribution in [0, 0.1) is 5.92 Å². The largest absolute Gasteiger partial charge is 0.507 e. The lowest BCUT2D eigenvalue weighted by molar-refractivity contribution is -0.139. The van der Waals surface area contributed by atoms with Crippen LogP contribution in [-0.4, -0.2) is 34.8 Å². The summed E-state index contributed by atoms with van der Waals surface area (Å²) >= 11 is 0. The fourth-order valence-electron chi connectivity index (χ4n) is 4.20. The molecule has 0 spiro atoms. The Bertz CT molecular complexity index is 1210. The molecule has 5 heteroatoms. The van der Waals surface area contributed by atoms with E-state index < -0.39 is 17.7 Å². The first-order valence-corrected chi connectivity index (χ1v) is 11.4. The first-order chi connectivity index (χ1) is 15.9. The van der Waals surface area contributed by atoms with Crippen molar-refractivity contribution in [3.05, 3.63) is 83.4 Å². The first kappa shape index (κ1) is 22.6. The van der Waals surface area contributed by atoms with Crippen molar-refractivity contribution >= 4 is 28.2 Å². The van der Waals surface area contributed by atoms with Gasteiger partial charge in [-0.2, -0.15) is 0 Å². The van der Waals surface area contributed by atoms with E-state index in [2.05, 4.69) is 13.8 Å². The van der Waals surface area contributed by atoms with Crippen LogP contribution in [0.2, 0.25) is 0 Å². The third-order valence-corrected chi connectivity index (χ3v) is 5.81. The van der Waals surface area contributed by atoms with Crippen molar-refractivity contribution in [3.63, 3.8) is 0 Å². The first-order valence-electron chi connectivity index (χ1n) is 11.4. The van der Waals surface area contributed by atoms with Gasteiger partial charge in [0, 0.05) is 12.1 Å². The summed E-state index contributed by atoms with van der Waals surface area (Å²) in [6, 6.07) is 20.1. The number of Topliss-reactive ketones (excluding diaryl/α,β-unsaturated/α-hetero) is 1. The lowest BCUT2D eigenvalue weighted by atomic mass is 9.94. The molecule has 1 unspecified atom stereocenters. The van der Waals surface area contributed by atoms with Gasteiger partial charge in [-0.3, -0.25) is 9.59 Å². The molecule has 1 fully saturated rings. The Morgan fingerprint density at radius 3 is 2.36 bits per heavy atom. The van der Waals surface area contributed by atoms with Crippen LogP contribution in [0.1, 0.15) is 44.4 Å². The van der Waals surface area contributed by atoms with Crippen molar-refractivity contribution in [1.29, 1.82) is 0 Å². The van der Waals surface area contributed by atoms with E-state index in [0.29, 0.717) is 31.1 Å². The number of fused-ring (bicyclic) bond motifs is 1. The van der Waals surface area contributed by atoms with Crippen LogP contribution in [0.5, 0.6) is 5.75 Å². The Hall–Kier alpha value is -3.60. The van der Waals surface area contributed by atoms with Gasteiger partial charge in [0.25, 0.3) is 11.7 Å². The second-order valence-electron chi connectivity index (χ2n) is 8.83. The van der Waals surface area contributed by atoms with Crippen LogP contribution >= 0.6 is 0 Å². The molecule has 0 saturated carbocycles. The number of benzene rings is 3. The Labute approximate surface area is 194 Å². The Morgan fingerprint density at radius 2 is 1.70 bits per heavy atom. The number of carbonyl (C=O) groups is 2. The molecule has 3 aromatic carbocycles. The molecule has 1 N–H and O–H groups in total. The molecule has 1 heterocycles. The average Bonchev–Trinajstić information content (AvgIpc) is 3.07. The highest BCUT2D eigenvalue weighted by Gasteiger charge is 2.45. The second kappa shape index (κ2) is 9.49. The minimum atomic E-state index is -0.653. The summed E-state index contributed by atoms with van der Waals surface area (Å²) < 4.78 is 5.78. The highest BCUT2D eigenvalue weighted by Crippen LogP contribution is 2.40. The number of carbonyl (C=O) groups excluding carboxylic acids is 2. The smallest absolute Gasteiger partial charge is 0.295 e. The van der Waals surface area contributed by atoms with Crippen molar-refractivity contribution in [1.82, 2.24) is 4.90 Å². The SMILES string of the molecule is CCCN1C(=O)C(=O)/C(=C(\O)c2ccc3ccccc3c2)C1c1ccc(OCC(C)C)cc1. The number of ketones is 1. The monoisotopic (exact) mass is 443 g/mol. The Kier molecular flexibility index (Phi) is 6.50. The van der Waals surface area contributed by atoms with Gasteiger partial charge in [0.15, 0.2) is 0 Å². The molecule has 0 bridgehead atoms. The van der Waals surface area contributed by atoms with Gasteiger partial charge < -0.3 is 14.7 Å². The van der Waals surface area contributed by atoms with Gasteiger partial charge in [-0.1, -0.05) is 69.3 Å². The molecule has 1 saturated heterocycles. The number of ether oxygens (including phenoxy) is 1. The summed E-state index contributed by atoms with van der Waals surface area (Å²) in [4.78, 5) is 27.5. The molecule has 0 aromatic heterocycles. The van der Waals surface area contributed by atoms with E-state index in [1.165, 1.54) is 0 Å². The fraction of sp³-hybridized carbons (Fsp3) is 0.286. The van der Waals surface area contributed by atoms with Gasteiger partial charge in [0.2, 0.25) is 0 Å². The van der Waals surface area contributed by atoms with Crippen molar-refractivity contribution in [2.45, 2.75) is 33.2 Å². The number of hydrogen-bond donors (Lipinski definition) is 1. The standard InChI is InChI=1S/C28H29NO4/c1-4-15-29-25(20-11-13-23(14-12-20)33-17-18(2)3)24(27(31)28(29)32)26(30)22-10-9-19-7-5-6-8-21(19)16-22/h5-14,16,18,25,30H,4,15,17H2,1-3H3/b26-24-. The molecule has 3 aromatic rings. The number of nitrogens with zero attached hydrogens (tertiary/aromatic N) is 1. The maximum Gasteiger partial charge on any atom is 0.295 e. The number of rotatable bonds is 7. The second-order valence-corrected chi connectivity index (χ2v) is 8.83. The lowest BCUT2D eigenvalue weighted by Gasteiger charge is -2.25. The highest BCUT2D eigenvalue weighted by atomic mass is 16.5. The molecule has 1 amide bonds. The summed E-state index contributed by atoms with van der Waals surface area (Å²) in [5.41, 5.74) is 1.41. The molecule has 0 radical (unpaired) electrons. The van der Waals surface area contributed by atoms with Gasteiger partial charge in [-0.15, -0.1) is 0 Å². The molecular formula is C28H29NO4. The Balaban J connectivity index is 1.78. The molecule has 170 valence electrons. The summed E-state index contributed by atoms with van der Waals surface area (Å²) in [6.45, 7) is 7.16. The third-order valence-electron chi connectivity index (χ3n) is 5.81. The number of hydrogen-bond acceptors (Lipinski definition) is 4. The van der Waals surface area contributed by atoms with E-state index >= 15 is 0 Å². The average molecular weight is 444 g/mol. The van der Waals surface area contributed by atoms with E-state index in [1.807, 2.05) is 67.6 Å². The van der Waals surface area contributed by atoms with Crippen molar-refractivity contribution < 1.29 is 19.4 Å². The Morgan fingerprint density at radius 1 is 1.00 bits per heavy atom. The molecule has 0 aliphatic carbocycles. The maximum absolute atomic E-state index is 13.1. The fourth-order valence-corrected chi connectivity index (χ4v) is 4.20. The lowest BCUT2D eigenvalue weighted by Crippen LogP contribution is -2.30. The summed E-state index contributed by atoms with van der Waals surface area (Å²) in [7, 11) is 0. The normalized spacial score (nSPS) is 17.8. The van der Waals surface area contributed by atoms with Crippen molar-refractivity contribution in [2.24, 2.45) is 5.92 Å². The van der Waals surface area contributed by atoms with Crippen LogP contribution in [0.4, 0.5) is 0 Å². The van der Waals surface area contributed by atoms with Crippen LogP contribution < -0.4 is 4.74 Å². The highest BCUT2D eigenvalue weighted by molar-refractivity contribution is 6.46. The minimum Gasteiger partial charge on any atom is -0.507 e. The zero-order valence-corrected chi connectivity index (χ0v) is 19.2. The van der Waals surface area contributed by atoms with Gasteiger partial charge in [-0.05, 0) is 46.9 Å². The van der Waals surface area contributed by atoms with Crippen LogP contribution in [0.15, 0.2) is 72.3 Å². The summed E-state index contributed by atoms with van der Waals surface area (Å²) in [5, 5.41) is 13.2.